The number of hydrogen-bond donors (Lipinski definition) is 3. The minimum absolute atomic E-state index is 0.153. The Balaban J connectivity index is 0.000000532. The first-order valence-corrected chi connectivity index (χ1v) is 11.8. The highest BCUT2D eigenvalue weighted by Gasteiger charge is 2.38. The molecule has 11 heteroatoms. The third-order valence-corrected chi connectivity index (χ3v) is 5.68. The fourth-order valence-corrected chi connectivity index (χ4v) is 3.82. The Morgan fingerprint density at radius 1 is 0.872 bits per heavy atom. The van der Waals surface area contributed by atoms with Gasteiger partial charge in [0.25, 0.3) is 0 Å². The first kappa shape index (κ1) is 29.1. The van der Waals surface area contributed by atoms with Crippen LogP contribution in [0.25, 0.3) is 0 Å². The van der Waals surface area contributed by atoms with Gasteiger partial charge in [0, 0.05) is 28.9 Å². The van der Waals surface area contributed by atoms with E-state index in [2.05, 4.69) is 5.32 Å². The number of benzene rings is 3. The van der Waals surface area contributed by atoms with E-state index in [0.717, 1.165) is 5.56 Å². The third kappa shape index (κ3) is 7.51. The number of halogens is 3. The molecule has 4 rings (SSSR count). The number of hydrogen-bond acceptors (Lipinski definition) is 7. The van der Waals surface area contributed by atoms with E-state index < -0.39 is 24.2 Å². The summed E-state index contributed by atoms with van der Waals surface area (Å²) < 4.78 is 37.0. The summed E-state index contributed by atoms with van der Waals surface area (Å²) in [6, 6.07) is 20.9. The Morgan fingerprint density at radius 2 is 1.44 bits per heavy atom. The minimum atomic E-state index is -5.08. The van der Waals surface area contributed by atoms with Gasteiger partial charge in [0.1, 0.15) is 6.04 Å². The maximum absolute atomic E-state index is 13.0. The lowest BCUT2D eigenvalue weighted by Crippen LogP contribution is -2.34. The summed E-state index contributed by atoms with van der Waals surface area (Å²) in [5.74, 6) is -3.52. The summed E-state index contributed by atoms with van der Waals surface area (Å²) in [7, 11) is 0. The molecule has 1 atom stereocenters. The molecular weight excluding hydrogens is 517 g/mol. The second-order valence-electron chi connectivity index (χ2n) is 8.48. The highest BCUT2D eigenvalue weighted by Crippen LogP contribution is 2.31. The van der Waals surface area contributed by atoms with E-state index in [1.165, 1.54) is 0 Å². The van der Waals surface area contributed by atoms with Crippen molar-refractivity contribution in [1.82, 2.24) is 0 Å². The zero-order chi connectivity index (χ0) is 28.6. The quantitative estimate of drug-likeness (QED) is 0.225. The number of carbonyl (C=O) groups excluding carboxylic acids is 3. The second-order valence-corrected chi connectivity index (χ2v) is 8.48. The summed E-state index contributed by atoms with van der Waals surface area (Å²) in [6.45, 7) is 0.680. The molecule has 4 N–H and O–H groups in total. The highest BCUT2D eigenvalue weighted by atomic mass is 19.4. The van der Waals surface area contributed by atoms with Crippen molar-refractivity contribution in [2.45, 2.75) is 25.1 Å². The summed E-state index contributed by atoms with van der Waals surface area (Å²) >= 11 is 0. The zero-order valence-corrected chi connectivity index (χ0v) is 20.5. The number of carboxylic acids is 1. The molecule has 0 aromatic heterocycles. The molecule has 0 heterocycles. The van der Waals surface area contributed by atoms with Gasteiger partial charge < -0.3 is 20.9 Å². The SMILES string of the molecule is N[C@@H](Cc1ccccc1)C(=O)OCCCNc1cccc2c1C(=O)c1ccccc1C2=O.O=C(O)C(F)(F)F. The molecule has 0 saturated carbocycles. The Morgan fingerprint density at radius 3 is 2.05 bits per heavy atom. The van der Waals surface area contributed by atoms with Gasteiger partial charge in [0.05, 0.1) is 12.2 Å². The second kappa shape index (κ2) is 12.8. The van der Waals surface area contributed by atoms with E-state index in [-0.39, 0.29) is 18.2 Å². The van der Waals surface area contributed by atoms with Gasteiger partial charge in [0.15, 0.2) is 11.6 Å². The number of carboxylic acid groups (broad SMARTS) is 1. The predicted octanol–water partition coefficient (Wildman–Crippen LogP) is 4.01. The average molecular weight is 543 g/mol. The van der Waals surface area contributed by atoms with Crippen LogP contribution in [0.5, 0.6) is 0 Å². The first-order chi connectivity index (χ1) is 18.5. The van der Waals surface area contributed by atoms with Crippen molar-refractivity contribution in [3.05, 3.63) is 101 Å². The van der Waals surface area contributed by atoms with E-state index in [1.807, 2.05) is 30.3 Å². The van der Waals surface area contributed by atoms with Crippen LogP contribution in [0, 0.1) is 0 Å². The van der Waals surface area contributed by atoms with Crippen molar-refractivity contribution in [1.29, 1.82) is 0 Å². The number of esters is 1. The van der Waals surface area contributed by atoms with Crippen LogP contribution in [-0.4, -0.2) is 54.0 Å². The number of nitrogens with two attached hydrogens (primary N) is 1. The lowest BCUT2D eigenvalue weighted by atomic mass is 9.83. The lowest BCUT2D eigenvalue weighted by molar-refractivity contribution is -0.192. The monoisotopic (exact) mass is 542 g/mol. The van der Waals surface area contributed by atoms with Crippen LogP contribution < -0.4 is 11.1 Å². The van der Waals surface area contributed by atoms with Crippen molar-refractivity contribution in [3.8, 4) is 0 Å². The van der Waals surface area contributed by atoms with Crippen LogP contribution in [-0.2, 0) is 20.7 Å². The fourth-order valence-electron chi connectivity index (χ4n) is 3.82. The number of nitrogens with one attached hydrogen (secondary N) is 1. The molecule has 0 bridgehead atoms. The summed E-state index contributed by atoms with van der Waals surface area (Å²) in [5.41, 5.74) is 9.15. The number of fused-ring (bicyclic) bond motifs is 2. The zero-order valence-electron chi connectivity index (χ0n) is 20.5. The van der Waals surface area contributed by atoms with E-state index in [1.54, 1.807) is 42.5 Å². The molecule has 0 radical (unpaired) electrons. The summed E-state index contributed by atoms with van der Waals surface area (Å²) in [4.78, 5) is 46.8. The first-order valence-electron chi connectivity index (χ1n) is 11.8. The van der Waals surface area contributed by atoms with Crippen molar-refractivity contribution < 1.29 is 42.2 Å². The van der Waals surface area contributed by atoms with Crippen LogP contribution in [0.1, 0.15) is 43.8 Å². The van der Waals surface area contributed by atoms with Gasteiger partial charge in [-0.1, -0.05) is 66.7 Å². The van der Waals surface area contributed by atoms with Gasteiger partial charge in [-0.3, -0.25) is 14.4 Å². The van der Waals surface area contributed by atoms with E-state index in [0.29, 0.717) is 47.3 Å². The molecule has 0 amide bonds. The van der Waals surface area contributed by atoms with Crippen LogP contribution in [0.15, 0.2) is 72.8 Å². The van der Waals surface area contributed by atoms with Gasteiger partial charge >= 0.3 is 18.1 Å². The number of ether oxygens (including phenoxy) is 1. The number of carbonyl (C=O) groups is 4. The lowest BCUT2D eigenvalue weighted by Gasteiger charge is -2.20. The van der Waals surface area contributed by atoms with Crippen LogP contribution >= 0.6 is 0 Å². The molecule has 0 saturated heterocycles. The molecular formula is C28H25F3N2O6. The van der Waals surface area contributed by atoms with Crippen LogP contribution in [0.3, 0.4) is 0 Å². The molecule has 1 aliphatic rings. The Kier molecular flexibility index (Phi) is 9.56. The van der Waals surface area contributed by atoms with Crippen LogP contribution in [0.4, 0.5) is 18.9 Å². The van der Waals surface area contributed by atoms with E-state index in [9.17, 15) is 27.6 Å². The van der Waals surface area contributed by atoms with Crippen molar-refractivity contribution in [3.63, 3.8) is 0 Å². The third-order valence-electron chi connectivity index (χ3n) is 5.68. The van der Waals surface area contributed by atoms with E-state index >= 15 is 0 Å². The summed E-state index contributed by atoms with van der Waals surface area (Å²) in [5, 5.41) is 10.3. The van der Waals surface area contributed by atoms with E-state index in [4.69, 9.17) is 20.4 Å². The number of ketones is 2. The molecule has 39 heavy (non-hydrogen) atoms. The molecule has 1 aliphatic carbocycles. The Hall–Kier alpha value is -4.51. The van der Waals surface area contributed by atoms with Crippen LogP contribution in [0.2, 0.25) is 0 Å². The normalized spacial score (nSPS) is 12.8. The molecule has 0 aliphatic heterocycles. The van der Waals surface area contributed by atoms with Crippen molar-refractivity contribution >= 4 is 29.2 Å². The molecule has 0 fully saturated rings. The molecule has 0 unspecified atom stereocenters. The smallest absolute Gasteiger partial charge is 0.475 e. The molecule has 0 spiro atoms. The molecule has 3 aromatic carbocycles. The standard InChI is InChI=1S/C26H24N2O4.C2HF3O2/c27-21(16-17-8-2-1-3-9-17)26(31)32-15-7-14-28-22-13-6-12-20-23(22)25(30)19-11-5-4-10-18(19)24(20)29;3-2(4,5)1(6)7/h1-6,8-13,21,28H,7,14-16,27H2;(H,6,7)/t21-;/m0./s1. The summed E-state index contributed by atoms with van der Waals surface area (Å²) in [6.07, 6.45) is -4.13. The Bertz CT molecular complexity index is 1360. The number of aliphatic carboxylic acids is 1. The molecule has 8 nitrogen and oxygen atoms in total. The topological polar surface area (TPSA) is 136 Å². The van der Waals surface area contributed by atoms with Crippen molar-refractivity contribution in [2.75, 3.05) is 18.5 Å². The van der Waals surface area contributed by atoms with Gasteiger partial charge in [-0.25, -0.2) is 4.79 Å². The molecule has 204 valence electrons. The minimum Gasteiger partial charge on any atom is -0.475 e. The largest absolute Gasteiger partial charge is 0.490 e. The van der Waals surface area contributed by atoms with Crippen molar-refractivity contribution in [2.24, 2.45) is 5.73 Å². The Labute approximate surface area is 221 Å². The van der Waals surface area contributed by atoms with Gasteiger partial charge in [-0.05, 0) is 24.5 Å². The van der Waals surface area contributed by atoms with Gasteiger partial charge in [-0.15, -0.1) is 0 Å². The maximum Gasteiger partial charge on any atom is 0.490 e. The number of alkyl halides is 3. The average Bonchev–Trinajstić information content (AvgIpc) is 2.91. The molecule has 3 aromatic rings. The maximum atomic E-state index is 13.0. The van der Waals surface area contributed by atoms with Gasteiger partial charge in [0.2, 0.25) is 0 Å². The highest BCUT2D eigenvalue weighted by molar-refractivity contribution is 6.30. The fraction of sp³-hybridized carbons (Fsp3) is 0.214. The predicted molar refractivity (Wildman–Crippen MR) is 136 cm³/mol. The van der Waals surface area contributed by atoms with Gasteiger partial charge in [-0.2, -0.15) is 13.2 Å². The number of anilines is 1. The number of rotatable bonds is 8.